The van der Waals surface area contributed by atoms with E-state index < -0.39 is 0 Å². The largest absolute Gasteiger partial charge is 0.312 e. The summed E-state index contributed by atoms with van der Waals surface area (Å²) in [5, 5.41) is 0. The first-order valence-electron chi connectivity index (χ1n) is 8.09. The van der Waals surface area contributed by atoms with E-state index in [2.05, 4.69) is 74.2 Å². The van der Waals surface area contributed by atoms with Crippen LogP contribution in [0.1, 0.15) is 37.1 Å². The third kappa shape index (κ3) is 2.59. The van der Waals surface area contributed by atoms with Gasteiger partial charge in [0.1, 0.15) is 0 Å². The number of aryl methyl sites for hydroxylation is 1. The second-order valence-electron chi connectivity index (χ2n) is 6.11. The molecule has 0 saturated carbocycles. The smallest absolute Gasteiger partial charge is 0.0755 e. The molecule has 0 atom stereocenters. The highest BCUT2D eigenvalue weighted by atomic mass is 32.1. The minimum Gasteiger partial charge on any atom is -0.312 e. The second-order valence-corrected chi connectivity index (χ2v) is 6.59. The van der Waals surface area contributed by atoms with E-state index >= 15 is 0 Å². The summed E-state index contributed by atoms with van der Waals surface area (Å²) < 4.78 is 0. The SMILES string of the molecule is C=C(CC)c1ncc(S)c2c1C(=C)C=C(C)N2c1ccccc1C. The Morgan fingerprint density at radius 3 is 2.62 bits per heavy atom. The summed E-state index contributed by atoms with van der Waals surface area (Å²) in [5.41, 5.74) is 8.44. The van der Waals surface area contributed by atoms with Gasteiger partial charge in [0.05, 0.1) is 11.4 Å². The van der Waals surface area contributed by atoms with Crippen LogP contribution < -0.4 is 4.90 Å². The molecule has 0 spiro atoms. The topological polar surface area (TPSA) is 16.1 Å². The molecule has 0 unspecified atom stereocenters. The van der Waals surface area contributed by atoms with Gasteiger partial charge in [0.25, 0.3) is 0 Å². The molecule has 1 aromatic carbocycles. The number of benzene rings is 1. The number of allylic oxidation sites excluding steroid dienone is 4. The van der Waals surface area contributed by atoms with Crippen LogP contribution in [0.15, 0.2) is 60.3 Å². The molecule has 1 aliphatic rings. The van der Waals surface area contributed by atoms with Gasteiger partial charge in [0, 0.05) is 28.0 Å². The number of hydrogen-bond acceptors (Lipinski definition) is 3. The lowest BCUT2D eigenvalue weighted by atomic mass is 9.93. The van der Waals surface area contributed by atoms with Crippen molar-refractivity contribution in [2.24, 2.45) is 0 Å². The maximum absolute atomic E-state index is 4.70. The van der Waals surface area contributed by atoms with Crippen LogP contribution in [0, 0.1) is 6.92 Å². The van der Waals surface area contributed by atoms with Crippen molar-refractivity contribution in [1.29, 1.82) is 0 Å². The molecule has 122 valence electrons. The van der Waals surface area contributed by atoms with Gasteiger partial charge in [-0.3, -0.25) is 4.98 Å². The van der Waals surface area contributed by atoms with Gasteiger partial charge in [0.15, 0.2) is 0 Å². The lowest BCUT2D eigenvalue weighted by Gasteiger charge is -2.35. The van der Waals surface area contributed by atoms with Gasteiger partial charge in [-0.15, -0.1) is 12.6 Å². The van der Waals surface area contributed by atoms with Crippen LogP contribution in [0.25, 0.3) is 11.1 Å². The fourth-order valence-corrected chi connectivity index (χ4v) is 3.42. The van der Waals surface area contributed by atoms with Gasteiger partial charge < -0.3 is 4.90 Å². The Labute approximate surface area is 149 Å². The van der Waals surface area contributed by atoms with E-state index in [9.17, 15) is 0 Å². The minimum absolute atomic E-state index is 0.842. The lowest BCUT2D eigenvalue weighted by molar-refractivity contribution is 1.05. The molecule has 24 heavy (non-hydrogen) atoms. The average molecular weight is 334 g/mol. The molecule has 2 aromatic rings. The van der Waals surface area contributed by atoms with Gasteiger partial charge in [-0.25, -0.2) is 0 Å². The Morgan fingerprint density at radius 1 is 1.25 bits per heavy atom. The quantitative estimate of drug-likeness (QED) is 0.676. The molecule has 2 heterocycles. The predicted octanol–water partition coefficient (Wildman–Crippen LogP) is 6.17. The summed E-state index contributed by atoms with van der Waals surface area (Å²) in [7, 11) is 0. The number of para-hydroxylation sites is 1. The molecular formula is C21H22N2S. The van der Waals surface area contributed by atoms with Crippen molar-refractivity contribution in [3.8, 4) is 0 Å². The maximum atomic E-state index is 4.70. The first-order chi connectivity index (χ1) is 11.5. The van der Waals surface area contributed by atoms with Crippen LogP contribution in [0.2, 0.25) is 0 Å². The Hall–Kier alpha value is -2.26. The van der Waals surface area contributed by atoms with Crippen LogP contribution in [-0.2, 0) is 0 Å². The zero-order valence-electron chi connectivity index (χ0n) is 14.4. The zero-order valence-corrected chi connectivity index (χ0v) is 15.3. The van der Waals surface area contributed by atoms with E-state index in [4.69, 9.17) is 12.6 Å². The number of hydrogen-bond donors (Lipinski definition) is 1. The molecule has 1 aromatic heterocycles. The summed E-state index contributed by atoms with van der Waals surface area (Å²) in [6.45, 7) is 14.8. The van der Waals surface area contributed by atoms with Crippen LogP contribution >= 0.6 is 12.6 Å². The fourth-order valence-electron chi connectivity index (χ4n) is 3.15. The predicted molar refractivity (Wildman–Crippen MR) is 107 cm³/mol. The highest BCUT2D eigenvalue weighted by Crippen LogP contribution is 2.46. The van der Waals surface area contributed by atoms with E-state index in [-0.39, 0.29) is 0 Å². The molecule has 1 aliphatic heterocycles. The van der Waals surface area contributed by atoms with Crippen LogP contribution in [0.4, 0.5) is 11.4 Å². The minimum atomic E-state index is 0.842. The third-order valence-corrected chi connectivity index (χ3v) is 4.76. The van der Waals surface area contributed by atoms with E-state index in [0.29, 0.717) is 0 Å². The molecule has 0 bridgehead atoms. The summed E-state index contributed by atoms with van der Waals surface area (Å²) in [6, 6.07) is 8.37. The summed E-state index contributed by atoms with van der Waals surface area (Å²) in [5.74, 6) is 0. The highest BCUT2D eigenvalue weighted by Gasteiger charge is 2.27. The van der Waals surface area contributed by atoms with E-state index in [1.165, 1.54) is 5.56 Å². The lowest BCUT2D eigenvalue weighted by Crippen LogP contribution is -2.22. The van der Waals surface area contributed by atoms with Gasteiger partial charge in [-0.2, -0.15) is 0 Å². The van der Waals surface area contributed by atoms with E-state index in [1.807, 2.05) is 6.20 Å². The number of rotatable bonds is 3. The van der Waals surface area contributed by atoms with E-state index in [0.717, 1.165) is 50.8 Å². The maximum Gasteiger partial charge on any atom is 0.0755 e. The van der Waals surface area contributed by atoms with Gasteiger partial charge in [0.2, 0.25) is 0 Å². The summed E-state index contributed by atoms with van der Waals surface area (Å²) in [6.07, 6.45) is 4.77. The van der Waals surface area contributed by atoms with Gasteiger partial charge in [-0.1, -0.05) is 38.3 Å². The Morgan fingerprint density at radius 2 is 1.96 bits per heavy atom. The Bertz CT molecular complexity index is 877. The van der Waals surface area contributed by atoms with Crippen molar-refractivity contribution in [2.75, 3.05) is 4.90 Å². The molecule has 0 amide bonds. The van der Waals surface area contributed by atoms with Crippen molar-refractivity contribution < 1.29 is 0 Å². The highest BCUT2D eigenvalue weighted by molar-refractivity contribution is 7.80. The number of nitrogens with zero attached hydrogens (tertiary/aromatic N) is 2. The Kier molecular flexibility index (Phi) is 4.37. The first kappa shape index (κ1) is 16.6. The van der Waals surface area contributed by atoms with Crippen molar-refractivity contribution in [2.45, 2.75) is 32.1 Å². The standard InChI is InChI=1S/C21H22N2S/c1-6-13(2)20-19-15(4)11-16(5)23(21(19)18(24)12-22-20)17-10-8-7-9-14(17)3/h7-12,24H,2,4,6H2,1,3,5H3. The molecule has 3 heteroatoms. The average Bonchev–Trinajstić information content (AvgIpc) is 2.56. The van der Waals surface area contributed by atoms with Crippen molar-refractivity contribution >= 4 is 35.1 Å². The molecule has 3 rings (SSSR count). The van der Waals surface area contributed by atoms with Crippen molar-refractivity contribution in [3.05, 3.63) is 72.2 Å². The molecule has 0 saturated heterocycles. The summed E-state index contributed by atoms with van der Waals surface area (Å²) >= 11 is 4.70. The fraction of sp³-hybridized carbons (Fsp3) is 0.190. The van der Waals surface area contributed by atoms with Crippen LogP contribution in [0.5, 0.6) is 0 Å². The number of pyridine rings is 1. The number of thiol groups is 1. The third-order valence-electron chi connectivity index (χ3n) is 4.43. The molecular weight excluding hydrogens is 312 g/mol. The molecule has 0 N–H and O–H groups in total. The second kappa shape index (κ2) is 6.33. The Balaban J connectivity index is 2.33. The van der Waals surface area contributed by atoms with Crippen molar-refractivity contribution in [1.82, 2.24) is 4.98 Å². The number of aromatic nitrogens is 1. The first-order valence-corrected chi connectivity index (χ1v) is 8.53. The zero-order chi connectivity index (χ0) is 17.4. The number of anilines is 2. The van der Waals surface area contributed by atoms with Crippen molar-refractivity contribution in [3.63, 3.8) is 0 Å². The van der Waals surface area contributed by atoms with Gasteiger partial charge >= 0.3 is 0 Å². The molecule has 0 aliphatic carbocycles. The molecule has 0 radical (unpaired) electrons. The van der Waals surface area contributed by atoms with Gasteiger partial charge in [-0.05, 0) is 49.1 Å². The van der Waals surface area contributed by atoms with Crippen LogP contribution in [0.3, 0.4) is 0 Å². The van der Waals surface area contributed by atoms with E-state index in [1.54, 1.807) is 0 Å². The summed E-state index contributed by atoms with van der Waals surface area (Å²) in [4.78, 5) is 7.68. The monoisotopic (exact) mass is 334 g/mol. The van der Waals surface area contributed by atoms with Crippen LogP contribution in [-0.4, -0.2) is 4.98 Å². The normalized spacial score (nSPS) is 13.6. The molecule has 2 nitrogen and oxygen atoms in total. The number of fused-ring (bicyclic) bond motifs is 1. The molecule has 0 fully saturated rings.